The molecule has 5 heteroatoms. The van der Waals surface area contributed by atoms with Crippen LogP contribution in [0.15, 0.2) is 42.7 Å². The molecule has 3 aromatic rings. The fraction of sp³-hybridized carbons (Fsp3) is 0.250. The summed E-state index contributed by atoms with van der Waals surface area (Å²) in [6.45, 7) is 2.84. The molecule has 108 valence electrons. The zero-order valence-electron chi connectivity index (χ0n) is 12.0. The maximum Gasteiger partial charge on any atom is 0.0837 e. The van der Waals surface area contributed by atoms with Crippen LogP contribution in [0.3, 0.4) is 0 Å². The Morgan fingerprint density at radius 2 is 2.14 bits per heavy atom. The van der Waals surface area contributed by atoms with Crippen LogP contribution >= 0.6 is 11.6 Å². The van der Waals surface area contributed by atoms with E-state index in [1.807, 2.05) is 36.1 Å². The van der Waals surface area contributed by atoms with Crippen LogP contribution in [-0.2, 0) is 6.54 Å². The van der Waals surface area contributed by atoms with E-state index in [-0.39, 0.29) is 6.04 Å². The molecule has 0 radical (unpaired) electrons. The molecule has 0 aliphatic heterocycles. The standard InChI is InChI=1S/C16H17ClN4/c1-3-21-16(13(17)10-20-21)15(18-2)12-6-4-8-14-11(12)7-5-9-19-14/h4-10,15,18H,3H2,1-2H3. The zero-order valence-corrected chi connectivity index (χ0v) is 12.8. The lowest BCUT2D eigenvalue weighted by atomic mass is 9.99. The summed E-state index contributed by atoms with van der Waals surface area (Å²) in [5.74, 6) is 0. The molecular weight excluding hydrogens is 284 g/mol. The number of nitrogens with zero attached hydrogens (tertiary/aromatic N) is 3. The summed E-state index contributed by atoms with van der Waals surface area (Å²) in [5.41, 5.74) is 3.12. The molecule has 0 aliphatic rings. The normalized spacial score (nSPS) is 12.7. The second-order valence-electron chi connectivity index (χ2n) is 4.83. The third-order valence-electron chi connectivity index (χ3n) is 3.69. The number of halogens is 1. The van der Waals surface area contributed by atoms with Crippen molar-refractivity contribution in [1.29, 1.82) is 0 Å². The van der Waals surface area contributed by atoms with Crippen molar-refractivity contribution in [1.82, 2.24) is 20.1 Å². The lowest BCUT2D eigenvalue weighted by molar-refractivity contribution is 0.565. The summed E-state index contributed by atoms with van der Waals surface area (Å²) in [6, 6.07) is 10.2. The number of aromatic nitrogens is 3. The Kier molecular flexibility index (Phi) is 3.90. The Morgan fingerprint density at radius 1 is 1.29 bits per heavy atom. The monoisotopic (exact) mass is 300 g/mol. The van der Waals surface area contributed by atoms with E-state index in [9.17, 15) is 0 Å². The quantitative estimate of drug-likeness (QED) is 0.803. The zero-order chi connectivity index (χ0) is 14.8. The molecule has 3 rings (SSSR count). The Labute approximate surface area is 128 Å². The van der Waals surface area contributed by atoms with Crippen molar-refractivity contribution in [3.05, 3.63) is 59.0 Å². The molecule has 1 aromatic carbocycles. The Morgan fingerprint density at radius 3 is 2.90 bits per heavy atom. The molecule has 0 fully saturated rings. The highest BCUT2D eigenvalue weighted by Crippen LogP contribution is 2.31. The minimum Gasteiger partial charge on any atom is -0.308 e. The minimum absolute atomic E-state index is 0.0205. The summed E-state index contributed by atoms with van der Waals surface area (Å²) < 4.78 is 1.93. The molecule has 2 heterocycles. The maximum atomic E-state index is 6.36. The van der Waals surface area contributed by atoms with E-state index in [0.717, 1.165) is 28.7 Å². The fourth-order valence-electron chi connectivity index (χ4n) is 2.73. The van der Waals surface area contributed by atoms with Crippen LogP contribution in [-0.4, -0.2) is 21.8 Å². The van der Waals surface area contributed by atoms with Crippen LogP contribution in [0.25, 0.3) is 10.9 Å². The lowest BCUT2D eigenvalue weighted by Gasteiger charge is -2.20. The summed E-state index contributed by atoms with van der Waals surface area (Å²) >= 11 is 6.36. The van der Waals surface area contributed by atoms with Crippen LogP contribution in [0.5, 0.6) is 0 Å². The molecule has 1 unspecified atom stereocenters. The summed E-state index contributed by atoms with van der Waals surface area (Å²) in [7, 11) is 1.93. The molecule has 0 aliphatic carbocycles. The van der Waals surface area contributed by atoms with Gasteiger partial charge in [0.1, 0.15) is 0 Å². The molecule has 2 aromatic heterocycles. The topological polar surface area (TPSA) is 42.7 Å². The van der Waals surface area contributed by atoms with Crippen molar-refractivity contribution in [3.8, 4) is 0 Å². The van der Waals surface area contributed by atoms with Crippen molar-refractivity contribution >= 4 is 22.5 Å². The van der Waals surface area contributed by atoms with Crippen LogP contribution in [0.4, 0.5) is 0 Å². The van der Waals surface area contributed by atoms with Gasteiger partial charge in [0.2, 0.25) is 0 Å². The van der Waals surface area contributed by atoms with E-state index in [1.165, 1.54) is 0 Å². The highest BCUT2D eigenvalue weighted by molar-refractivity contribution is 6.31. The van der Waals surface area contributed by atoms with Crippen LogP contribution in [0, 0.1) is 0 Å². The smallest absolute Gasteiger partial charge is 0.0837 e. The van der Waals surface area contributed by atoms with E-state index in [1.54, 1.807) is 6.20 Å². The van der Waals surface area contributed by atoms with Gasteiger partial charge in [-0.05, 0) is 31.7 Å². The number of rotatable bonds is 4. The van der Waals surface area contributed by atoms with Gasteiger partial charge in [0.05, 0.1) is 28.5 Å². The third-order valence-corrected chi connectivity index (χ3v) is 3.98. The second-order valence-corrected chi connectivity index (χ2v) is 5.24. The first-order chi connectivity index (χ1) is 10.3. The average molecular weight is 301 g/mol. The van der Waals surface area contributed by atoms with Crippen molar-refractivity contribution in [2.75, 3.05) is 7.05 Å². The Bertz CT molecular complexity index is 761. The van der Waals surface area contributed by atoms with Crippen molar-refractivity contribution < 1.29 is 0 Å². The summed E-state index contributed by atoms with van der Waals surface area (Å²) in [4.78, 5) is 4.42. The highest BCUT2D eigenvalue weighted by atomic mass is 35.5. The van der Waals surface area contributed by atoms with Gasteiger partial charge in [-0.1, -0.05) is 29.8 Å². The van der Waals surface area contributed by atoms with E-state index < -0.39 is 0 Å². The summed E-state index contributed by atoms with van der Waals surface area (Å²) in [5, 5.41) is 9.50. The molecule has 4 nitrogen and oxygen atoms in total. The van der Waals surface area contributed by atoms with E-state index >= 15 is 0 Å². The van der Waals surface area contributed by atoms with Crippen LogP contribution < -0.4 is 5.32 Å². The fourth-order valence-corrected chi connectivity index (χ4v) is 2.98. The van der Waals surface area contributed by atoms with Crippen LogP contribution in [0.1, 0.15) is 24.2 Å². The number of hydrogen-bond acceptors (Lipinski definition) is 3. The Balaban J connectivity index is 2.21. The van der Waals surface area contributed by atoms with E-state index in [2.05, 4.69) is 34.5 Å². The first-order valence-electron chi connectivity index (χ1n) is 6.98. The SMILES string of the molecule is CCn1ncc(Cl)c1C(NC)c1cccc2ncccc12. The van der Waals surface area contributed by atoms with Crippen molar-refractivity contribution in [3.63, 3.8) is 0 Å². The molecule has 0 saturated carbocycles. The van der Waals surface area contributed by atoms with Gasteiger partial charge in [-0.2, -0.15) is 5.10 Å². The van der Waals surface area contributed by atoms with Gasteiger partial charge >= 0.3 is 0 Å². The molecule has 0 amide bonds. The number of benzene rings is 1. The van der Waals surface area contributed by atoms with E-state index in [4.69, 9.17) is 11.6 Å². The van der Waals surface area contributed by atoms with Gasteiger partial charge in [0, 0.05) is 18.1 Å². The number of aryl methyl sites for hydroxylation is 1. The highest BCUT2D eigenvalue weighted by Gasteiger charge is 2.22. The van der Waals surface area contributed by atoms with Gasteiger partial charge in [0.25, 0.3) is 0 Å². The molecule has 0 bridgehead atoms. The predicted octanol–water partition coefficient (Wildman–Crippen LogP) is 3.41. The number of hydrogen-bond donors (Lipinski definition) is 1. The van der Waals surface area contributed by atoms with E-state index in [0.29, 0.717) is 5.02 Å². The van der Waals surface area contributed by atoms with Gasteiger partial charge in [-0.25, -0.2) is 0 Å². The van der Waals surface area contributed by atoms with Gasteiger partial charge < -0.3 is 5.32 Å². The van der Waals surface area contributed by atoms with Gasteiger partial charge in [-0.3, -0.25) is 9.67 Å². The molecular formula is C16H17ClN4. The van der Waals surface area contributed by atoms with Gasteiger partial charge in [-0.15, -0.1) is 0 Å². The molecule has 0 spiro atoms. The van der Waals surface area contributed by atoms with Crippen molar-refractivity contribution in [2.24, 2.45) is 0 Å². The average Bonchev–Trinajstić information content (AvgIpc) is 2.90. The first kappa shape index (κ1) is 14.0. The molecule has 1 atom stereocenters. The van der Waals surface area contributed by atoms with Crippen molar-refractivity contribution in [2.45, 2.75) is 19.5 Å². The first-order valence-corrected chi connectivity index (χ1v) is 7.36. The third kappa shape index (κ3) is 2.41. The lowest BCUT2D eigenvalue weighted by Crippen LogP contribution is -2.22. The Hall–Kier alpha value is -1.91. The molecule has 0 saturated heterocycles. The number of pyridine rings is 1. The molecule has 21 heavy (non-hydrogen) atoms. The van der Waals surface area contributed by atoms with Crippen LogP contribution in [0.2, 0.25) is 5.02 Å². The molecule has 1 N–H and O–H groups in total. The minimum atomic E-state index is -0.0205. The number of nitrogens with one attached hydrogen (secondary N) is 1. The second kappa shape index (κ2) is 5.84. The maximum absolute atomic E-state index is 6.36. The number of fused-ring (bicyclic) bond motifs is 1. The predicted molar refractivity (Wildman–Crippen MR) is 85.6 cm³/mol. The summed E-state index contributed by atoms with van der Waals surface area (Å²) in [6.07, 6.45) is 3.51. The largest absolute Gasteiger partial charge is 0.308 e. The van der Waals surface area contributed by atoms with Gasteiger partial charge in [0.15, 0.2) is 0 Å².